The Morgan fingerprint density at radius 2 is 2.00 bits per heavy atom. The highest BCUT2D eigenvalue weighted by Crippen LogP contribution is 2.25. The van der Waals surface area contributed by atoms with Crippen LogP contribution < -0.4 is 11.0 Å². The van der Waals surface area contributed by atoms with E-state index in [4.69, 9.17) is 0 Å². The Morgan fingerprint density at radius 1 is 1.27 bits per heavy atom. The molecule has 2 heterocycles. The molecule has 2 amide bonds. The molecule has 116 valence electrons. The average Bonchev–Trinajstić information content (AvgIpc) is 2.71. The summed E-state index contributed by atoms with van der Waals surface area (Å²) in [4.78, 5) is 35.8. The van der Waals surface area contributed by atoms with E-state index in [-0.39, 0.29) is 18.0 Å². The predicted octanol–water partition coefficient (Wildman–Crippen LogP) is 0.371. The zero-order valence-corrected chi connectivity index (χ0v) is 12.4. The lowest BCUT2D eigenvalue weighted by Crippen LogP contribution is -2.44. The number of aromatic nitrogens is 2. The Bertz CT molecular complexity index is 831. The van der Waals surface area contributed by atoms with Crippen LogP contribution in [0.25, 0.3) is 11.0 Å². The van der Waals surface area contributed by atoms with Gasteiger partial charge >= 0.3 is 5.69 Å². The lowest BCUT2D eigenvalue weighted by Gasteiger charge is -2.21. The van der Waals surface area contributed by atoms with Crippen molar-refractivity contribution in [1.29, 1.82) is 0 Å². The highest BCUT2D eigenvalue weighted by molar-refractivity contribution is 6.00. The molecule has 2 aromatic rings. The summed E-state index contributed by atoms with van der Waals surface area (Å²) in [5.74, 6) is -0.767. The Labute approximate surface area is 126 Å². The number of imide groups is 1. The van der Waals surface area contributed by atoms with E-state index in [0.717, 1.165) is 0 Å². The zero-order valence-electron chi connectivity index (χ0n) is 12.4. The molecule has 0 saturated carbocycles. The highest BCUT2D eigenvalue weighted by atomic mass is 16.3. The molecular formula is C15H17N3O4. The summed E-state index contributed by atoms with van der Waals surface area (Å²) in [6.07, 6.45) is -0.120. The lowest BCUT2D eigenvalue weighted by molar-refractivity contribution is -0.135. The monoisotopic (exact) mass is 303 g/mol. The lowest BCUT2D eigenvalue weighted by atomic mass is 10.1. The number of carbonyl (C=O) groups is 2. The number of piperidine rings is 1. The van der Waals surface area contributed by atoms with Gasteiger partial charge in [0, 0.05) is 13.5 Å². The molecule has 0 bridgehead atoms. The number of aliphatic hydroxyl groups excluding tert-OH is 1. The Hall–Kier alpha value is -2.41. The van der Waals surface area contributed by atoms with Crippen LogP contribution in [-0.2, 0) is 16.6 Å². The van der Waals surface area contributed by atoms with E-state index in [1.165, 1.54) is 9.13 Å². The number of amides is 2. The molecule has 1 aromatic carbocycles. The van der Waals surface area contributed by atoms with Crippen molar-refractivity contribution in [2.24, 2.45) is 7.05 Å². The van der Waals surface area contributed by atoms with Gasteiger partial charge in [-0.2, -0.15) is 0 Å². The number of rotatable bonds is 2. The molecule has 1 aliphatic heterocycles. The minimum Gasteiger partial charge on any atom is -0.389 e. The molecule has 1 aliphatic rings. The quantitative estimate of drug-likeness (QED) is 0.784. The van der Waals surface area contributed by atoms with E-state index in [9.17, 15) is 19.5 Å². The van der Waals surface area contributed by atoms with Gasteiger partial charge in [0.15, 0.2) is 0 Å². The second-order valence-corrected chi connectivity index (χ2v) is 5.60. The van der Waals surface area contributed by atoms with Crippen LogP contribution in [0.5, 0.6) is 0 Å². The minimum absolute atomic E-state index is 0.213. The predicted molar refractivity (Wildman–Crippen MR) is 79.2 cm³/mol. The van der Waals surface area contributed by atoms with Crippen LogP contribution in [0.15, 0.2) is 23.0 Å². The first-order valence-corrected chi connectivity index (χ1v) is 7.12. The average molecular weight is 303 g/mol. The molecule has 2 N–H and O–H groups in total. The normalized spacial score (nSPS) is 20.2. The van der Waals surface area contributed by atoms with Gasteiger partial charge in [0.05, 0.1) is 17.1 Å². The number of aryl methyl sites for hydroxylation is 1. The van der Waals surface area contributed by atoms with E-state index < -0.39 is 18.1 Å². The Balaban J connectivity index is 2.18. The van der Waals surface area contributed by atoms with Gasteiger partial charge in [0.1, 0.15) is 6.04 Å². The molecular weight excluding hydrogens is 286 g/mol. The fourth-order valence-corrected chi connectivity index (χ4v) is 2.87. The van der Waals surface area contributed by atoms with Crippen molar-refractivity contribution in [3.05, 3.63) is 34.2 Å². The van der Waals surface area contributed by atoms with Gasteiger partial charge in [-0.1, -0.05) is 6.07 Å². The largest absolute Gasteiger partial charge is 0.389 e. The molecule has 0 spiro atoms. The summed E-state index contributed by atoms with van der Waals surface area (Å²) in [6, 6.07) is 4.51. The second-order valence-electron chi connectivity index (χ2n) is 5.60. The number of benzene rings is 1. The third-order valence-corrected chi connectivity index (χ3v) is 4.12. The number of imidazole rings is 1. The molecule has 2 unspecified atom stereocenters. The van der Waals surface area contributed by atoms with E-state index in [2.05, 4.69) is 5.32 Å². The first-order chi connectivity index (χ1) is 10.4. The van der Waals surface area contributed by atoms with Crippen molar-refractivity contribution >= 4 is 22.8 Å². The summed E-state index contributed by atoms with van der Waals surface area (Å²) in [6.45, 7) is 1.65. The van der Waals surface area contributed by atoms with Crippen LogP contribution in [0.4, 0.5) is 0 Å². The van der Waals surface area contributed by atoms with Crippen molar-refractivity contribution in [2.75, 3.05) is 0 Å². The van der Waals surface area contributed by atoms with Crippen molar-refractivity contribution in [3.63, 3.8) is 0 Å². The smallest absolute Gasteiger partial charge is 0.329 e. The fraction of sp³-hybridized carbons (Fsp3) is 0.400. The van der Waals surface area contributed by atoms with Gasteiger partial charge < -0.3 is 5.11 Å². The first kappa shape index (κ1) is 14.5. The molecule has 0 radical (unpaired) electrons. The van der Waals surface area contributed by atoms with Crippen LogP contribution >= 0.6 is 0 Å². The maximum absolute atomic E-state index is 12.5. The molecule has 7 heteroatoms. The van der Waals surface area contributed by atoms with Crippen LogP contribution in [0.2, 0.25) is 0 Å². The van der Waals surface area contributed by atoms with Gasteiger partial charge in [-0.25, -0.2) is 4.79 Å². The van der Waals surface area contributed by atoms with E-state index in [1.54, 1.807) is 32.2 Å². The fourth-order valence-electron chi connectivity index (χ4n) is 2.87. The molecule has 2 atom stereocenters. The number of hydrogen-bond donors (Lipinski definition) is 2. The molecule has 22 heavy (non-hydrogen) atoms. The number of fused-ring (bicyclic) bond motifs is 1. The van der Waals surface area contributed by atoms with E-state index in [1.807, 2.05) is 0 Å². The maximum atomic E-state index is 12.5. The van der Waals surface area contributed by atoms with Crippen LogP contribution in [0, 0.1) is 0 Å². The van der Waals surface area contributed by atoms with E-state index >= 15 is 0 Å². The number of nitrogens with zero attached hydrogens (tertiary/aromatic N) is 2. The van der Waals surface area contributed by atoms with Gasteiger partial charge in [-0.05, 0) is 31.0 Å². The number of nitrogens with one attached hydrogen (secondary N) is 1. The number of carbonyl (C=O) groups excluding carboxylic acids is 2. The van der Waals surface area contributed by atoms with Gasteiger partial charge in [0.2, 0.25) is 11.8 Å². The Kier molecular flexibility index (Phi) is 3.37. The molecule has 1 aromatic heterocycles. The molecule has 1 fully saturated rings. The SMILES string of the molecule is CC(O)c1ccc2c(c1)n(C)c(=O)n2C1CCC(=O)NC1=O. The van der Waals surface area contributed by atoms with Crippen LogP contribution in [0.3, 0.4) is 0 Å². The third kappa shape index (κ3) is 2.14. The zero-order chi connectivity index (χ0) is 16.0. The van der Waals surface area contributed by atoms with Gasteiger partial charge in [-0.15, -0.1) is 0 Å². The third-order valence-electron chi connectivity index (χ3n) is 4.12. The molecule has 3 rings (SSSR count). The van der Waals surface area contributed by atoms with Crippen molar-refractivity contribution in [2.45, 2.75) is 31.9 Å². The standard InChI is InChI=1S/C15H17N3O4/c1-8(19)9-3-4-10-12(7-9)17(2)15(22)18(10)11-5-6-13(20)16-14(11)21/h3-4,7-8,11,19H,5-6H2,1-2H3,(H,16,20,21). The maximum Gasteiger partial charge on any atom is 0.329 e. The molecule has 1 saturated heterocycles. The second kappa shape index (κ2) is 5.10. The first-order valence-electron chi connectivity index (χ1n) is 7.12. The van der Waals surface area contributed by atoms with Crippen LogP contribution in [-0.4, -0.2) is 26.1 Å². The van der Waals surface area contributed by atoms with Gasteiger partial charge in [0.25, 0.3) is 0 Å². The summed E-state index contributed by atoms with van der Waals surface area (Å²) >= 11 is 0. The Morgan fingerprint density at radius 3 is 2.64 bits per heavy atom. The van der Waals surface area contributed by atoms with Crippen LogP contribution in [0.1, 0.15) is 37.5 Å². The molecule has 7 nitrogen and oxygen atoms in total. The molecule has 0 aliphatic carbocycles. The number of aliphatic hydroxyl groups is 1. The minimum atomic E-state index is -0.689. The van der Waals surface area contributed by atoms with Crippen molar-refractivity contribution in [1.82, 2.24) is 14.5 Å². The number of hydrogen-bond acceptors (Lipinski definition) is 4. The topological polar surface area (TPSA) is 93.3 Å². The van der Waals surface area contributed by atoms with Crippen molar-refractivity contribution in [3.8, 4) is 0 Å². The van der Waals surface area contributed by atoms with Gasteiger partial charge in [-0.3, -0.25) is 24.0 Å². The summed E-state index contributed by atoms with van der Waals surface area (Å²) in [5.41, 5.74) is 1.65. The summed E-state index contributed by atoms with van der Waals surface area (Å²) in [5, 5.41) is 11.9. The summed E-state index contributed by atoms with van der Waals surface area (Å²) < 4.78 is 2.87. The van der Waals surface area contributed by atoms with E-state index in [0.29, 0.717) is 23.0 Å². The highest BCUT2D eigenvalue weighted by Gasteiger charge is 2.31. The van der Waals surface area contributed by atoms with Crippen molar-refractivity contribution < 1.29 is 14.7 Å². The summed E-state index contributed by atoms with van der Waals surface area (Å²) in [7, 11) is 1.62.